The Morgan fingerprint density at radius 2 is 1.92 bits per heavy atom. The van der Waals surface area contributed by atoms with E-state index in [-0.39, 0.29) is 11.9 Å². The lowest BCUT2D eigenvalue weighted by Gasteiger charge is -2.14. The van der Waals surface area contributed by atoms with Crippen molar-refractivity contribution in [1.82, 2.24) is 5.32 Å². The maximum atomic E-state index is 11.1. The molecule has 0 heterocycles. The lowest BCUT2D eigenvalue weighted by atomic mass is 10.0. The minimum absolute atomic E-state index is 0.0613. The molecule has 0 aliphatic carbocycles. The first kappa shape index (κ1) is 12.8. The Balaban J connectivity index is 3.49. The second-order valence-corrected chi connectivity index (χ2v) is 4.26. The van der Waals surface area contributed by atoms with Crippen molar-refractivity contribution >= 4 is 17.5 Å². The van der Waals surface area contributed by atoms with Crippen LogP contribution in [0, 0.1) is 5.92 Å². The molecule has 0 spiro atoms. The van der Waals surface area contributed by atoms with Gasteiger partial charge in [0.1, 0.15) is 0 Å². The van der Waals surface area contributed by atoms with Gasteiger partial charge in [-0.05, 0) is 25.7 Å². The summed E-state index contributed by atoms with van der Waals surface area (Å²) in [7, 11) is 0. The lowest BCUT2D eigenvalue weighted by molar-refractivity contribution is -0.121. The van der Waals surface area contributed by atoms with Crippen LogP contribution in [0.2, 0.25) is 0 Å². The van der Waals surface area contributed by atoms with Crippen LogP contribution in [0.4, 0.5) is 0 Å². The Bertz CT molecular complexity index is 148. The molecule has 1 unspecified atom stereocenters. The van der Waals surface area contributed by atoms with Gasteiger partial charge >= 0.3 is 0 Å². The van der Waals surface area contributed by atoms with Crippen molar-refractivity contribution in [1.29, 1.82) is 0 Å². The molecule has 0 rings (SSSR count). The Hall–Kier alpha value is -0.240. The molecule has 78 valence electrons. The van der Waals surface area contributed by atoms with E-state index in [9.17, 15) is 4.79 Å². The van der Waals surface area contributed by atoms with Crippen LogP contribution in [0.25, 0.3) is 0 Å². The molecule has 1 amide bonds. The van der Waals surface area contributed by atoms with E-state index < -0.39 is 0 Å². The van der Waals surface area contributed by atoms with Crippen LogP contribution in [-0.2, 0) is 4.79 Å². The summed E-state index contributed by atoms with van der Waals surface area (Å²) in [5, 5.41) is 2.91. The number of alkyl halides is 1. The number of amides is 1. The summed E-state index contributed by atoms with van der Waals surface area (Å²) in [6.45, 7) is 6.41. The zero-order valence-corrected chi connectivity index (χ0v) is 9.53. The van der Waals surface area contributed by atoms with Gasteiger partial charge in [0.15, 0.2) is 0 Å². The van der Waals surface area contributed by atoms with Crippen molar-refractivity contribution in [3.05, 3.63) is 0 Å². The molecule has 13 heavy (non-hydrogen) atoms. The first-order valence-electron chi connectivity index (χ1n) is 4.91. The van der Waals surface area contributed by atoms with E-state index >= 15 is 0 Å². The van der Waals surface area contributed by atoms with Gasteiger partial charge < -0.3 is 5.32 Å². The number of hydrogen-bond acceptors (Lipinski definition) is 1. The van der Waals surface area contributed by atoms with E-state index in [0.29, 0.717) is 18.2 Å². The fourth-order valence-corrected chi connectivity index (χ4v) is 1.26. The molecule has 2 nitrogen and oxygen atoms in total. The van der Waals surface area contributed by atoms with Crippen LogP contribution in [0.15, 0.2) is 0 Å². The topological polar surface area (TPSA) is 29.1 Å². The number of carbonyl (C=O) groups excluding carboxylic acids is 1. The third-order valence-electron chi connectivity index (χ3n) is 1.91. The van der Waals surface area contributed by atoms with Crippen molar-refractivity contribution in [3.63, 3.8) is 0 Å². The molecule has 1 atom stereocenters. The maximum absolute atomic E-state index is 11.1. The van der Waals surface area contributed by atoms with E-state index in [2.05, 4.69) is 19.2 Å². The summed E-state index contributed by atoms with van der Waals surface area (Å²) in [6, 6.07) is 0.276. The summed E-state index contributed by atoms with van der Waals surface area (Å²) in [4.78, 5) is 11.1. The highest BCUT2D eigenvalue weighted by atomic mass is 35.5. The highest BCUT2D eigenvalue weighted by Crippen LogP contribution is 2.06. The van der Waals surface area contributed by atoms with Crippen LogP contribution < -0.4 is 5.32 Å². The van der Waals surface area contributed by atoms with Gasteiger partial charge in [-0.1, -0.05) is 13.8 Å². The van der Waals surface area contributed by atoms with E-state index in [1.54, 1.807) is 0 Å². The van der Waals surface area contributed by atoms with Crippen LogP contribution in [0.3, 0.4) is 0 Å². The van der Waals surface area contributed by atoms with E-state index in [1.807, 2.05) is 6.92 Å². The predicted molar refractivity (Wildman–Crippen MR) is 57.0 cm³/mol. The summed E-state index contributed by atoms with van der Waals surface area (Å²) in [5.74, 6) is 1.17. The molecule has 0 aromatic rings. The van der Waals surface area contributed by atoms with Crippen molar-refractivity contribution in [3.8, 4) is 0 Å². The van der Waals surface area contributed by atoms with Crippen molar-refractivity contribution < 1.29 is 4.79 Å². The monoisotopic (exact) mass is 205 g/mol. The first-order valence-corrected chi connectivity index (χ1v) is 5.45. The third-order valence-corrected chi connectivity index (χ3v) is 2.09. The molecule has 0 saturated carbocycles. The number of nitrogens with one attached hydrogen (secondary N) is 1. The first-order chi connectivity index (χ1) is 6.06. The molecule has 1 N–H and O–H groups in total. The number of rotatable bonds is 6. The molecule has 0 radical (unpaired) electrons. The average molecular weight is 206 g/mol. The van der Waals surface area contributed by atoms with Crippen LogP contribution in [0.1, 0.15) is 40.0 Å². The number of halogens is 1. The van der Waals surface area contributed by atoms with Gasteiger partial charge in [-0.3, -0.25) is 4.79 Å². The van der Waals surface area contributed by atoms with Gasteiger partial charge in [-0.2, -0.15) is 0 Å². The second kappa shape index (κ2) is 7.19. The highest BCUT2D eigenvalue weighted by molar-refractivity contribution is 6.18. The van der Waals surface area contributed by atoms with Crippen molar-refractivity contribution in [2.24, 2.45) is 5.92 Å². The molecule has 0 aliphatic heterocycles. The van der Waals surface area contributed by atoms with Gasteiger partial charge in [0.25, 0.3) is 0 Å². The molecular formula is C10H20ClNO. The molecule has 0 aliphatic rings. The van der Waals surface area contributed by atoms with E-state index in [1.165, 1.54) is 0 Å². The van der Waals surface area contributed by atoms with Crippen LogP contribution >= 0.6 is 11.6 Å². The molecular weight excluding hydrogens is 186 g/mol. The summed E-state index contributed by atoms with van der Waals surface area (Å²) < 4.78 is 0. The minimum atomic E-state index is 0.0613. The quantitative estimate of drug-likeness (QED) is 0.664. The normalized spacial score (nSPS) is 13.0. The van der Waals surface area contributed by atoms with Gasteiger partial charge in [-0.25, -0.2) is 0 Å². The predicted octanol–water partition coefficient (Wildman–Crippen LogP) is 2.56. The molecule has 0 aromatic heterocycles. The highest BCUT2D eigenvalue weighted by Gasteiger charge is 2.06. The van der Waals surface area contributed by atoms with Gasteiger partial charge in [0.05, 0.1) is 0 Å². The van der Waals surface area contributed by atoms with Crippen molar-refractivity contribution in [2.45, 2.75) is 46.1 Å². The average Bonchev–Trinajstić information content (AvgIpc) is 2.01. The zero-order valence-electron chi connectivity index (χ0n) is 8.77. The maximum Gasteiger partial charge on any atom is 0.221 e. The SMILES string of the molecule is CC(C)CCC(C)NC(=O)CCCl. The van der Waals surface area contributed by atoms with Gasteiger partial charge in [-0.15, -0.1) is 11.6 Å². The van der Waals surface area contributed by atoms with Crippen molar-refractivity contribution in [2.75, 3.05) is 5.88 Å². The lowest BCUT2D eigenvalue weighted by Crippen LogP contribution is -2.32. The Morgan fingerprint density at radius 1 is 1.31 bits per heavy atom. The number of hydrogen-bond donors (Lipinski definition) is 1. The summed E-state index contributed by atoms with van der Waals surface area (Å²) in [5.41, 5.74) is 0. The smallest absolute Gasteiger partial charge is 0.221 e. The van der Waals surface area contributed by atoms with Gasteiger partial charge in [0.2, 0.25) is 5.91 Å². The minimum Gasteiger partial charge on any atom is -0.354 e. The molecule has 0 aromatic carbocycles. The summed E-state index contributed by atoms with van der Waals surface area (Å²) >= 11 is 5.45. The fourth-order valence-electron chi connectivity index (χ4n) is 1.09. The Labute approximate surface area is 86.0 Å². The Kier molecular flexibility index (Phi) is 7.06. The molecule has 0 bridgehead atoms. The summed E-state index contributed by atoms with van der Waals surface area (Å²) in [6.07, 6.45) is 2.63. The largest absolute Gasteiger partial charge is 0.354 e. The molecule has 3 heteroatoms. The van der Waals surface area contributed by atoms with E-state index in [0.717, 1.165) is 12.8 Å². The van der Waals surface area contributed by atoms with E-state index in [4.69, 9.17) is 11.6 Å². The zero-order chi connectivity index (χ0) is 10.3. The molecule has 0 fully saturated rings. The Morgan fingerprint density at radius 3 is 2.38 bits per heavy atom. The standard InChI is InChI=1S/C10H20ClNO/c1-8(2)4-5-9(3)12-10(13)6-7-11/h8-9H,4-7H2,1-3H3,(H,12,13). The number of carbonyl (C=O) groups is 1. The fraction of sp³-hybridized carbons (Fsp3) is 0.900. The van der Waals surface area contributed by atoms with Crippen LogP contribution in [0.5, 0.6) is 0 Å². The van der Waals surface area contributed by atoms with Crippen LogP contribution in [-0.4, -0.2) is 17.8 Å². The van der Waals surface area contributed by atoms with Gasteiger partial charge in [0, 0.05) is 18.3 Å². The molecule has 0 saturated heterocycles. The third kappa shape index (κ3) is 8.10. The second-order valence-electron chi connectivity index (χ2n) is 3.88.